The third-order valence-electron chi connectivity index (χ3n) is 3.06. The van der Waals surface area contributed by atoms with Crippen LogP contribution < -0.4 is 0 Å². The van der Waals surface area contributed by atoms with E-state index in [2.05, 4.69) is 43.3 Å². The highest BCUT2D eigenvalue weighted by Gasteiger charge is 2.05. The molecule has 0 aliphatic heterocycles. The molecule has 0 fully saturated rings. The Kier molecular flexibility index (Phi) is 2.12. The lowest BCUT2D eigenvalue weighted by Crippen LogP contribution is -1.82. The second-order valence-electron chi connectivity index (χ2n) is 4.08. The van der Waals surface area contributed by atoms with Crippen molar-refractivity contribution >= 4 is 33.1 Å². The number of aryl methyl sites for hydroxylation is 1. The van der Waals surface area contributed by atoms with Crippen LogP contribution in [0.2, 0.25) is 5.02 Å². The van der Waals surface area contributed by atoms with Gasteiger partial charge in [0.2, 0.25) is 0 Å². The predicted molar refractivity (Wildman–Crippen MR) is 71.2 cm³/mol. The van der Waals surface area contributed by atoms with Gasteiger partial charge in [0.05, 0.1) is 5.02 Å². The number of hydrogen-bond acceptors (Lipinski definition) is 0. The van der Waals surface area contributed by atoms with Crippen molar-refractivity contribution in [2.24, 2.45) is 0 Å². The average Bonchev–Trinajstić information content (AvgIpc) is 2.31. The van der Waals surface area contributed by atoms with Crippen LogP contribution in [-0.4, -0.2) is 0 Å². The quantitative estimate of drug-likeness (QED) is 0.476. The molecule has 3 aromatic carbocycles. The van der Waals surface area contributed by atoms with Crippen molar-refractivity contribution in [3.63, 3.8) is 0 Å². The lowest BCUT2D eigenvalue weighted by molar-refractivity contribution is 1.54. The SMILES string of the molecule is Cc1cccc2c(Cl)c3ccccc3cc12. The topological polar surface area (TPSA) is 0 Å². The Balaban J connectivity index is 2.61. The van der Waals surface area contributed by atoms with E-state index in [1.165, 1.54) is 16.3 Å². The van der Waals surface area contributed by atoms with E-state index in [0.717, 1.165) is 15.8 Å². The van der Waals surface area contributed by atoms with Crippen LogP contribution >= 0.6 is 11.6 Å². The van der Waals surface area contributed by atoms with Gasteiger partial charge < -0.3 is 0 Å². The van der Waals surface area contributed by atoms with Crippen molar-refractivity contribution in [2.45, 2.75) is 6.92 Å². The predicted octanol–water partition coefficient (Wildman–Crippen LogP) is 4.95. The second-order valence-corrected chi connectivity index (χ2v) is 4.46. The highest BCUT2D eigenvalue weighted by atomic mass is 35.5. The van der Waals surface area contributed by atoms with Gasteiger partial charge in [-0.2, -0.15) is 0 Å². The standard InChI is InChI=1S/C15H11Cl/c1-10-5-4-8-13-14(10)9-11-6-2-3-7-12(11)15(13)16/h2-9H,1H3. The number of halogens is 1. The summed E-state index contributed by atoms with van der Waals surface area (Å²) < 4.78 is 0. The number of hydrogen-bond donors (Lipinski definition) is 0. The third-order valence-corrected chi connectivity index (χ3v) is 3.46. The molecule has 3 rings (SSSR count). The summed E-state index contributed by atoms with van der Waals surface area (Å²) in [6.07, 6.45) is 0. The largest absolute Gasteiger partial charge is 0.0830 e. The Bertz CT molecular complexity index is 683. The van der Waals surface area contributed by atoms with E-state index < -0.39 is 0 Å². The highest BCUT2D eigenvalue weighted by Crippen LogP contribution is 2.33. The van der Waals surface area contributed by atoms with Crippen molar-refractivity contribution in [1.82, 2.24) is 0 Å². The summed E-state index contributed by atoms with van der Waals surface area (Å²) in [7, 11) is 0. The summed E-state index contributed by atoms with van der Waals surface area (Å²) in [6, 6.07) is 16.7. The van der Waals surface area contributed by atoms with Crippen LogP contribution in [0.4, 0.5) is 0 Å². The van der Waals surface area contributed by atoms with Gasteiger partial charge in [0.15, 0.2) is 0 Å². The summed E-state index contributed by atoms with van der Waals surface area (Å²) >= 11 is 6.45. The van der Waals surface area contributed by atoms with E-state index >= 15 is 0 Å². The number of rotatable bonds is 0. The molecule has 0 saturated heterocycles. The molecule has 0 aliphatic carbocycles. The molecule has 0 atom stereocenters. The molecular weight excluding hydrogens is 216 g/mol. The molecule has 16 heavy (non-hydrogen) atoms. The Morgan fingerprint density at radius 3 is 2.44 bits per heavy atom. The first-order valence-corrected chi connectivity index (χ1v) is 5.72. The summed E-state index contributed by atoms with van der Waals surface area (Å²) in [4.78, 5) is 0. The van der Waals surface area contributed by atoms with Crippen LogP contribution in [0.5, 0.6) is 0 Å². The minimum atomic E-state index is 0.858. The molecule has 0 spiro atoms. The molecule has 0 N–H and O–H groups in total. The Labute approximate surface area is 99.5 Å². The van der Waals surface area contributed by atoms with Crippen molar-refractivity contribution in [3.8, 4) is 0 Å². The summed E-state index contributed by atoms with van der Waals surface area (Å²) in [5.74, 6) is 0. The molecule has 0 unspecified atom stereocenters. The van der Waals surface area contributed by atoms with Crippen LogP contribution in [0.1, 0.15) is 5.56 Å². The van der Waals surface area contributed by atoms with Crippen LogP contribution in [0, 0.1) is 6.92 Å². The summed E-state index contributed by atoms with van der Waals surface area (Å²) in [6.45, 7) is 2.12. The lowest BCUT2D eigenvalue weighted by atomic mass is 10.0. The fourth-order valence-electron chi connectivity index (χ4n) is 2.19. The molecule has 0 saturated carbocycles. The van der Waals surface area contributed by atoms with E-state index in [9.17, 15) is 0 Å². The zero-order chi connectivity index (χ0) is 11.1. The maximum absolute atomic E-state index is 6.45. The van der Waals surface area contributed by atoms with Crippen molar-refractivity contribution in [3.05, 3.63) is 59.1 Å². The normalized spacial score (nSPS) is 11.1. The van der Waals surface area contributed by atoms with Gasteiger partial charge in [0.1, 0.15) is 0 Å². The average molecular weight is 227 g/mol. The maximum atomic E-state index is 6.45. The molecule has 78 valence electrons. The summed E-state index contributed by atoms with van der Waals surface area (Å²) in [5.41, 5.74) is 1.27. The Morgan fingerprint density at radius 1 is 0.812 bits per heavy atom. The monoisotopic (exact) mass is 226 g/mol. The molecule has 0 amide bonds. The summed E-state index contributed by atoms with van der Waals surface area (Å²) in [5, 5.41) is 5.57. The first kappa shape index (κ1) is 9.68. The highest BCUT2D eigenvalue weighted by molar-refractivity contribution is 6.40. The fraction of sp³-hybridized carbons (Fsp3) is 0.0667. The molecule has 0 aromatic heterocycles. The van der Waals surface area contributed by atoms with E-state index in [1.54, 1.807) is 0 Å². The molecule has 1 heteroatoms. The smallest absolute Gasteiger partial charge is 0.0562 e. The molecule has 0 nitrogen and oxygen atoms in total. The van der Waals surface area contributed by atoms with E-state index in [4.69, 9.17) is 11.6 Å². The zero-order valence-electron chi connectivity index (χ0n) is 9.00. The fourth-order valence-corrected chi connectivity index (χ4v) is 2.52. The van der Waals surface area contributed by atoms with Gasteiger partial charge >= 0.3 is 0 Å². The second kappa shape index (κ2) is 3.50. The van der Waals surface area contributed by atoms with Gasteiger partial charge in [0.25, 0.3) is 0 Å². The molecule has 0 radical (unpaired) electrons. The van der Waals surface area contributed by atoms with Crippen molar-refractivity contribution < 1.29 is 0 Å². The minimum Gasteiger partial charge on any atom is -0.0830 e. The Morgan fingerprint density at radius 2 is 1.56 bits per heavy atom. The third kappa shape index (κ3) is 1.30. The minimum absolute atomic E-state index is 0.858. The van der Waals surface area contributed by atoms with Gasteiger partial charge in [-0.05, 0) is 29.3 Å². The van der Waals surface area contributed by atoms with E-state index in [0.29, 0.717) is 0 Å². The van der Waals surface area contributed by atoms with E-state index in [1.807, 2.05) is 12.1 Å². The molecule has 0 aliphatic rings. The van der Waals surface area contributed by atoms with Gasteiger partial charge in [-0.15, -0.1) is 0 Å². The Hall–Kier alpha value is -1.53. The number of fused-ring (bicyclic) bond motifs is 2. The first-order chi connectivity index (χ1) is 7.77. The van der Waals surface area contributed by atoms with Crippen LogP contribution in [-0.2, 0) is 0 Å². The molecule has 0 heterocycles. The van der Waals surface area contributed by atoms with Crippen molar-refractivity contribution in [2.75, 3.05) is 0 Å². The maximum Gasteiger partial charge on any atom is 0.0562 e. The van der Waals surface area contributed by atoms with Crippen LogP contribution in [0.15, 0.2) is 48.5 Å². The first-order valence-electron chi connectivity index (χ1n) is 5.34. The zero-order valence-corrected chi connectivity index (χ0v) is 9.75. The van der Waals surface area contributed by atoms with Gasteiger partial charge in [-0.25, -0.2) is 0 Å². The number of benzene rings is 3. The van der Waals surface area contributed by atoms with Crippen LogP contribution in [0.25, 0.3) is 21.5 Å². The molecular formula is C15H11Cl. The molecule has 3 aromatic rings. The lowest BCUT2D eigenvalue weighted by Gasteiger charge is -2.07. The van der Waals surface area contributed by atoms with Crippen molar-refractivity contribution in [1.29, 1.82) is 0 Å². The molecule has 0 bridgehead atoms. The van der Waals surface area contributed by atoms with Gasteiger partial charge in [0, 0.05) is 10.8 Å². The van der Waals surface area contributed by atoms with E-state index in [-0.39, 0.29) is 0 Å². The van der Waals surface area contributed by atoms with Crippen LogP contribution in [0.3, 0.4) is 0 Å². The van der Waals surface area contributed by atoms with Gasteiger partial charge in [-0.1, -0.05) is 54.1 Å². The van der Waals surface area contributed by atoms with Gasteiger partial charge in [-0.3, -0.25) is 0 Å².